The molecule has 0 heterocycles. The highest BCUT2D eigenvalue weighted by molar-refractivity contribution is 4.94. The molecule has 0 spiro atoms. The molecule has 15 heavy (non-hydrogen) atoms. The summed E-state index contributed by atoms with van der Waals surface area (Å²) in [6.07, 6.45) is 8.97. The predicted octanol–water partition coefficient (Wildman–Crippen LogP) is 3.15. The van der Waals surface area contributed by atoms with Crippen LogP contribution in [0.4, 0.5) is 0 Å². The Kier molecular flexibility index (Phi) is 4.81. The van der Waals surface area contributed by atoms with E-state index in [2.05, 4.69) is 25.9 Å². The molecule has 1 unspecified atom stereocenters. The molecule has 1 rings (SSSR count). The van der Waals surface area contributed by atoms with Crippen molar-refractivity contribution in [3.05, 3.63) is 12.2 Å². The Morgan fingerprint density at radius 2 is 2.00 bits per heavy atom. The molecule has 0 radical (unpaired) electrons. The third-order valence-electron chi connectivity index (χ3n) is 3.90. The van der Waals surface area contributed by atoms with Gasteiger partial charge in [0.1, 0.15) is 0 Å². The van der Waals surface area contributed by atoms with E-state index in [1.807, 2.05) is 0 Å². The fraction of sp³-hybridized carbons (Fsp3) is 0.846. The van der Waals surface area contributed by atoms with Crippen molar-refractivity contribution in [1.82, 2.24) is 5.43 Å². The molecule has 1 atom stereocenters. The molecular weight excluding hydrogens is 184 g/mol. The normalized spacial score (nSPS) is 22.3. The molecule has 1 aliphatic carbocycles. The Labute approximate surface area is 94.3 Å². The number of rotatable bonds is 5. The Balaban J connectivity index is 2.51. The van der Waals surface area contributed by atoms with E-state index >= 15 is 0 Å². The predicted molar refractivity (Wildman–Crippen MR) is 66.4 cm³/mol. The van der Waals surface area contributed by atoms with E-state index < -0.39 is 0 Å². The van der Waals surface area contributed by atoms with Crippen LogP contribution in [-0.2, 0) is 0 Å². The fourth-order valence-corrected chi connectivity index (χ4v) is 2.73. The van der Waals surface area contributed by atoms with Gasteiger partial charge in [-0.25, -0.2) is 0 Å². The molecule has 0 saturated heterocycles. The number of hydrogen-bond donors (Lipinski definition) is 2. The standard InChI is InChI=1S/C13H26N2/c1-11(2)7-8-12(15-14)13(3)9-5-4-6-10-13/h12,15H,1,4-10,14H2,2-3H3. The molecule has 3 N–H and O–H groups in total. The van der Waals surface area contributed by atoms with Crippen molar-refractivity contribution in [3.8, 4) is 0 Å². The van der Waals surface area contributed by atoms with Crippen LogP contribution in [0.15, 0.2) is 12.2 Å². The van der Waals surface area contributed by atoms with E-state index in [0.717, 1.165) is 12.8 Å². The summed E-state index contributed by atoms with van der Waals surface area (Å²) in [5, 5.41) is 0. The maximum atomic E-state index is 5.70. The van der Waals surface area contributed by atoms with Crippen LogP contribution in [0.2, 0.25) is 0 Å². The first-order valence-electron chi connectivity index (χ1n) is 6.19. The molecule has 0 aromatic carbocycles. The molecule has 0 aliphatic heterocycles. The molecule has 1 fully saturated rings. The Morgan fingerprint density at radius 1 is 1.40 bits per heavy atom. The summed E-state index contributed by atoms with van der Waals surface area (Å²) in [7, 11) is 0. The van der Waals surface area contributed by atoms with Crippen molar-refractivity contribution in [3.63, 3.8) is 0 Å². The lowest BCUT2D eigenvalue weighted by molar-refractivity contribution is 0.138. The summed E-state index contributed by atoms with van der Waals surface area (Å²) in [6.45, 7) is 8.44. The molecular formula is C13H26N2. The van der Waals surface area contributed by atoms with Crippen LogP contribution in [0.3, 0.4) is 0 Å². The summed E-state index contributed by atoms with van der Waals surface area (Å²) in [4.78, 5) is 0. The molecule has 2 nitrogen and oxygen atoms in total. The fourth-order valence-electron chi connectivity index (χ4n) is 2.73. The van der Waals surface area contributed by atoms with Gasteiger partial charge in [-0.05, 0) is 38.0 Å². The monoisotopic (exact) mass is 210 g/mol. The highest BCUT2D eigenvalue weighted by atomic mass is 15.2. The molecule has 0 aromatic heterocycles. The van der Waals surface area contributed by atoms with E-state index in [1.165, 1.54) is 37.7 Å². The molecule has 0 aromatic rings. The largest absolute Gasteiger partial charge is 0.271 e. The van der Waals surface area contributed by atoms with Gasteiger partial charge in [0.05, 0.1) is 0 Å². The molecule has 88 valence electrons. The average molecular weight is 210 g/mol. The molecule has 0 bridgehead atoms. The van der Waals surface area contributed by atoms with Crippen molar-refractivity contribution >= 4 is 0 Å². The topological polar surface area (TPSA) is 38.0 Å². The average Bonchev–Trinajstić information content (AvgIpc) is 2.19. The van der Waals surface area contributed by atoms with Gasteiger partial charge in [-0.2, -0.15) is 0 Å². The molecule has 0 amide bonds. The first-order valence-corrected chi connectivity index (χ1v) is 6.19. The van der Waals surface area contributed by atoms with Gasteiger partial charge < -0.3 is 0 Å². The van der Waals surface area contributed by atoms with Crippen LogP contribution >= 0.6 is 0 Å². The second-order valence-electron chi connectivity index (χ2n) is 5.43. The van der Waals surface area contributed by atoms with Crippen molar-refractivity contribution < 1.29 is 0 Å². The Hall–Kier alpha value is -0.340. The zero-order valence-electron chi connectivity index (χ0n) is 10.3. The Bertz CT molecular complexity index is 205. The van der Waals surface area contributed by atoms with Gasteiger partial charge in [0.25, 0.3) is 0 Å². The third kappa shape index (κ3) is 3.62. The third-order valence-corrected chi connectivity index (χ3v) is 3.90. The second-order valence-corrected chi connectivity index (χ2v) is 5.43. The molecule has 1 saturated carbocycles. The number of hydrazine groups is 1. The van der Waals surface area contributed by atoms with Crippen molar-refractivity contribution in [2.24, 2.45) is 11.3 Å². The second kappa shape index (κ2) is 5.66. The van der Waals surface area contributed by atoms with Gasteiger partial charge >= 0.3 is 0 Å². The van der Waals surface area contributed by atoms with Crippen LogP contribution in [-0.4, -0.2) is 6.04 Å². The zero-order chi connectivity index (χ0) is 11.3. The van der Waals surface area contributed by atoms with Gasteiger partial charge in [0.15, 0.2) is 0 Å². The molecule has 2 heteroatoms. The highest BCUT2D eigenvalue weighted by Gasteiger charge is 2.34. The summed E-state index contributed by atoms with van der Waals surface area (Å²) in [6, 6.07) is 0.453. The van der Waals surface area contributed by atoms with E-state index in [9.17, 15) is 0 Å². The van der Waals surface area contributed by atoms with Crippen LogP contribution in [0, 0.1) is 5.41 Å². The lowest BCUT2D eigenvalue weighted by atomic mass is 9.69. The van der Waals surface area contributed by atoms with E-state index in [4.69, 9.17) is 5.84 Å². The Morgan fingerprint density at radius 3 is 2.47 bits per heavy atom. The highest BCUT2D eigenvalue weighted by Crippen LogP contribution is 2.40. The zero-order valence-corrected chi connectivity index (χ0v) is 10.3. The van der Waals surface area contributed by atoms with Gasteiger partial charge in [0, 0.05) is 6.04 Å². The van der Waals surface area contributed by atoms with Crippen LogP contribution in [0.5, 0.6) is 0 Å². The van der Waals surface area contributed by atoms with Crippen molar-refractivity contribution in [1.29, 1.82) is 0 Å². The lowest BCUT2D eigenvalue weighted by Crippen LogP contribution is -2.48. The van der Waals surface area contributed by atoms with Crippen LogP contribution in [0.25, 0.3) is 0 Å². The summed E-state index contributed by atoms with van der Waals surface area (Å²) in [5.74, 6) is 5.70. The minimum atomic E-state index is 0.405. The summed E-state index contributed by atoms with van der Waals surface area (Å²) in [5.41, 5.74) is 4.69. The van der Waals surface area contributed by atoms with E-state index in [1.54, 1.807) is 0 Å². The van der Waals surface area contributed by atoms with Crippen molar-refractivity contribution in [2.75, 3.05) is 0 Å². The quantitative estimate of drug-likeness (QED) is 0.415. The van der Waals surface area contributed by atoms with Crippen LogP contribution in [0.1, 0.15) is 58.8 Å². The molecule has 1 aliphatic rings. The van der Waals surface area contributed by atoms with Gasteiger partial charge in [-0.1, -0.05) is 31.8 Å². The minimum Gasteiger partial charge on any atom is -0.271 e. The van der Waals surface area contributed by atoms with Crippen LogP contribution < -0.4 is 11.3 Å². The maximum absolute atomic E-state index is 5.70. The summed E-state index contributed by atoms with van der Waals surface area (Å²) < 4.78 is 0. The first kappa shape index (κ1) is 12.7. The maximum Gasteiger partial charge on any atom is 0.0267 e. The van der Waals surface area contributed by atoms with Gasteiger partial charge in [0.2, 0.25) is 0 Å². The van der Waals surface area contributed by atoms with E-state index in [0.29, 0.717) is 11.5 Å². The minimum absolute atomic E-state index is 0.405. The smallest absolute Gasteiger partial charge is 0.0267 e. The van der Waals surface area contributed by atoms with Gasteiger partial charge in [-0.15, -0.1) is 6.58 Å². The number of allylic oxidation sites excluding steroid dienone is 1. The number of hydrogen-bond acceptors (Lipinski definition) is 2. The SMILES string of the molecule is C=C(C)CCC(NN)C1(C)CCCCC1. The van der Waals surface area contributed by atoms with Gasteiger partial charge in [-0.3, -0.25) is 11.3 Å². The van der Waals surface area contributed by atoms with E-state index in [-0.39, 0.29) is 0 Å². The summed E-state index contributed by atoms with van der Waals surface area (Å²) >= 11 is 0. The number of nitrogens with two attached hydrogens (primary N) is 1. The lowest BCUT2D eigenvalue weighted by Gasteiger charge is -2.40. The first-order chi connectivity index (χ1) is 7.08. The number of nitrogens with one attached hydrogen (secondary N) is 1. The van der Waals surface area contributed by atoms with Crippen molar-refractivity contribution in [2.45, 2.75) is 64.8 Å².